The largest absolute Gasteiger partial charge is 0.465 e. The summed E-state index contributed by atoms with van der Waals surface area (Å²) < 4.78 is 17.8. The van der Waals surface area contributed by atoms with Crippen LogP contribution in [-0.4, -0.2) is 18.2 Å². The molecule has 0 amide bonds. The van der Waals surface area contributed by atoms with Crippen LogP contribution in [-0.2, 0) is 11.3 Å². The molecule has 0 saturated heterocycles. The number of nitrogens with one attached hydrogen (secondary N) is 2. The Balaban J connectivity index is 1.99. The number of carbonyl (C=O) groups excluding carboxylic acids is 1. The maximum Gasteiger partial charge on any atom is 0.339 e. The van der Waals surface area contributed by atoms with Crippen molar-refractivity contribution < 1.29 is 13.9 Å². The van der Waals surface area contributed by atoms with Crippen LogP contribution in [0.2, 0.25) is 5.02 Å². The minimum Gasteiger partial charge on any atom is -0.465 e. The second-order valence-electron chi connectivity index (χ2n) is 4.62. The quantitative estimate of drug-likeness (QED) is 0.648. The molecule has 0 unspecified atom stereocenters. The van der Waals surface area contributed by atoms with E-state index in [0.29, 0.717) is 22.4 Å². The summed E-state index contributed by atoms with van der Waals surface area (Å²) in [4.78, 5) is 11.6. The Labute approximate surface area is 143 Å². The molecule has 2 aromatic rings. The summed E-state index contributed by atoms with van der Waals surface area (Å²) in [6, 6.07) is 11.0. The minimum atomic E-state index is -0.530. The zero-order valence-corrected chi connectivity index (χ0v) is 13.8. The van der Waals surface area contributed by atoms with Gasteiger partial charge in [0.25, 0.3) is 0 Å². The molecule has 120 valence electrons. The lowest BCUT2D eigenvalue weighted by Gasteiger charge is -2.12. The van der Waals surface area contributed by atoms with Gasteiger partial charge in [-0.15, -0.1) is 0 Å². The zero-order chi connectivity index (χ0) is 16.8. The van der Waals surface area contributed by atoms with Crippen molar-refractivity contribution in [1.82, 2.24) is 5.32 Å². The van der Waals surface area contributed by atoms with E-state index in [1.807, 2.05) is 0 Å². The van der Waals surface area contributed by atoms with Gasteiger partial charge in [-0.3, -0.25) is 0 Å². The number of halogens is 2. The van der Waals surface area contributed by atoms with Gasteiger partial charge in [-0.05, 0) is 48.1 Å². The van der Waals surface area contributed by atoms with Crippen molar-refractivity contribution in [2.45, 2.75) is 6.54 Å². The van der Waals surface area contributed by atoms with Crippen molar-refractivity contribution in [3.63, 3.8) is 0 Å². The van der Waals surface area contributed by atoms with Crippen molar-refractivity contribution in [2.24, 2.45) is 0 Å². The lowest BCUT2D eigenvalue weighted by atomic mass is 10.2. The number of benzene rings is 2. The number of anilines is 1. The Morgan fingerprint density at radius 2 is 2.09 bits per heavy atom. The second kappa shape index (κ2) is 7.89. The van der Waals surface area contributed by atoms with Crippen LogP contribution in [0.15, 0.2) is 42.5 Å². The maximum absolute atomic E-state index is 13.1. The lowest BCUT2D eigenvalue weighted by Crippen LogP contribution is -2.28. The highest BCUT2D eigenvalue weighted by atomic mass is 35.5. The van der Waals surface area contributed by atoms with Gasteiger partial charge in [-0.2, -0.15) is 0 Å². The van der Waals surface area contributed by atoms with Crippen molar-refractivity contribution in [1.29, 1.82) is 0 Å². The predicted molar refractivity (Wildman–Crippen MR) is 92.3 cm³/mol. The summed E-state index contributed by atoms with van der Waals surface area (Å²) in [5.74, 6) is -0.833. The number of esters is 1. The summed E-state index contributed by atoms with van der Waals surface area (Å²) in [5.41, 5.74) is 1.60. The molecule has 0 spiro atoms. The molecule has 0 saturated carbocycles. The Hall–Kier alpha value is -2.18. The number of hydrogen-bond acceptors (Lipinski definition) is 3. The van der Waals surface area contributed by atoms with Gasteiger partial charge < -0.3 is 15.4 Å². The summed E-state index contributed by atoms with van der Waals surface area (Å²) in [6.07, 6.45) is 0. The van der Waals surface area contributed by atoms with E-state index in [9.17, 15) is 9.18 Å². The molecule has 0 aliphatic rings. The molecule has 2 rings (SSSR count). The molecule has 0 aliphatic carbocycles. The van der Waals surface area contributed by atoms with Crippen LogP contribution < -0.4 is 10.6 Å². The van der Waals surface area contributed by atoms with Crippen LogP contribution in [0.25, 0.3) is 0 Å². The van der Waals surface area contributed by atoms with Crippen molar-refractivity contribution >= 4 is 40.6 Å². The third kappa shape index (κ3) is 4.91. The van der Waals surface area contributed by atoms with Crippen LogP contribution in [0.4, 0.5) is 10.1 Å². The number of carbonyl (C=O) groups is 1. The Morgan fingerprint density at radius 1 is 1.30 bits per heavy atom. The van der Waals surface area contributed by atoms with E-state index in [1.165, 1.54) is 19.2 Å². The smallest absolute Gasteiger partial charge is 0.339 e. The first-order valence-electron chi connectivity index (χ1n) is 6.67. The molecule has 0 radical (unpaired) electrons. The van der Waals surface area contributed by atoms with Crippen molar-refractivity contribution in [3.05, 3.63) is 64.4 Å². The topological polar surface area (TPSA) is 50.4 Å². The second-order valence-corrected chi connectivity index (χ2v) is 5.44. The van der Waals surface area contributed by atoms with Gasteiger partial charge in [0.05, 0.1) is 17.7 Å². The van der Waals surface area contributed by atoms with Gasteiger partial charge in [0.1, 0.15) is 5.82 Å². The van der Waals surface area contributed by atoms with E-state index in [-0.39, 0.29) is 11.4 Å². The van der Waals surface area contributed by atoms with E-state index < -0.39 is 5.97 Å². The van der Waals surface area contributed by atoms with Crippen LogP contribution in [0.5, 0.6) is 0 Å². The van der Waals surface area contributed by atoms with E-state index >= 15 is 0 Å². The molecule has 0 bridgehead atoms. The summed E-state index contributed by atoms with van der Waals surface area (Å²) in [7, 11) is 1.28. The Morgan fingerprint density at radius 3 is 2.78 bits per heavy atom. The molecule has 0 aromatic heterocycles. The lowest BCUT2D eigenvalue weighted by molar-refractivity contribution is 0.0601. The van der Waals surface area contributed by atoms with Gasteiger partial charge >= 0.3 is 5.97 Å². The van der Waals surface area contributed by atoms with Crippen LogP contribution in [0.1, 0.15) is 15.9 Å². The molecule has 0 fully saturated rings. The standard InChI is InChI=1S/C16H14ClFN2O2S/c1-22-15(21)13-8-12(5-6-14(13)17)20-16(23)19-9-10-3-2-4-11(18)7-10/h2-8H,9H2,1H3,(H2,19,20,23). The average molecular weight is 353 g/mol. The minimum absolute atomic E-state index is 0.243. The molecule has 0 aliphatic heterocycles. The predicted octanol–water partition coefficient (Wildman–Crippen LogP) is 3.75. The molecule has 0 heterocycles. The summed E-state index contributed by atoms with van der Waals surface area (Å²) >= 11 is 11.1. The SMILES string of the molecule is COC(=O)c1cc(NC(=S)NCc2cccc(F)c2)ccc1Cl. The normalized spacial score (nSPS) is 10.0. The monoisotopic (exact) mass is 352 g/mol. The molecular weight excluding hydrogens is 339 g/mol. The van der Waals surface area contributed by atoms with Crippen LogP contribution in [0.3, 0.4) is 0 Å². The first kappa shape index (κ1) is 17.2. The number of hydrogen-bond donors (Lipinski definition) is 2. The Bertz CT molecular complexity index is 740. The van der Waals surface area contributed by atoms with Gasteiger partial charge in [-0.1, -0.05) is 23.7 Å². The third-order valence-corrected chi connectivity index (χ3v) is 3.55. The van der Waals surface area contributed by atoms with Crippen molar-refractivity contribution in [2.75, 3.05) is 12.4 Å². The zero-order valence-electron chi connectivity index (χ0n) is 12.2. The van der Waals surface area contributed by atoms with E-state index in [4.69, 9.17) is 23.8 Å². The van der Waals surface area contributed by atoms with Crippen LogP contribution in [0, 0.1) is 5.82 Å². The number of ether oxygens (including phenoxy) is 1. The third-order valence-electron chi connectivity index (χ3n) is 2.97. The van der Waals surface area contributed by atoms with Crippen molar-refractivity contribution in [3.8, 4) is 0 Å². The summed E-state index contributed by atoms with van der Waals surface area (Å²) in [5, 5.41) is 6.52. The highest BCUT2D eigenvalue weighted by Crippen LogP contribution is 2.21. The fraction of sp³-hybridized carbons (Fsp3) is 0.125. The highest BCUT2D eigenvalue weighted by molar-refractivity contribution is 7.80. The summed E-state index contributed by atoms with van der Waals surface area (Å²) in [6.45, 7) is 0.376. The maximum atomic E-state index is 13.1. The average Bonchev–Trinajstić information content (AvgIpc) is 2.54. The number of rotatable bonds is 4. The van der Waals surface area contributed by atoms with Gasteiger partial charge in [-0.25, -0.2) is 9.18 Å². The molecule has 2 aromatic carbocycles. The fourth-order valence-corrected chi connectivity index (χ4v) is 2.26. The molecular formula is C16H14ClFN2O2S. The number of methoxy groups -OCH3 is 1. The Kier molecular flexibility index (Phi) is 5.90. The van der Waals surface area contributed by atoms with E-state index in [2.05, 4.69) is 15.4 Å². The fourth-order valence-electron chi connectivity index (χ4n) is 1.87. The molecule has 4 nitrogen and oxygen atoms in total. The molecule has 7 heteroatoms. The molecule has 2 N–H and O–H groups in total. The van der Waals surface area contributed by atoms with Crippen LogP contribution >= 0.6 is 23.8 Å². The first-order chi connectivity index (χ1) is 11.0. The van der Waals surface area contributed by atoms with Gasteiger partial charge in [0.2, 0.25) is 0 Å². The van der Waals surface area contributed by atoms with Gasteiger partial charge in [0, 0.05) is 12.2 Å². The first-order valence-corrected chi connectivity index (χ1v) is 7.45. The molecule has 23 heavy (non-hydrogen) atoms. The molecule has 0 atom stereocenters. The van der Waals surface area contributed by atoms with Gasteiger partial charge in [0.15, 0.2) is 5.11 Å². The van der Waals surface area contributed by atoms with E-state index in [1.54, 1.807) is 30.3 Å². The number of thiocarbonyl (C=S) groups is 1. The van der Waals surface area contributed by atoms with E-state index in [0.717, 1.165) is 5.56 Å². The highest BCUT2D eigenvalue weighted by Gasteiger charge is 2.11.